The Kier molecular flexibility index (Phi) is 11.5. The minimum Gasteiger partial charge on any atom is -0.497 e. The second-order valence-electron chi connectivity index (χ2n) is 9.66. The summed E-state index contributed by atoms with van der Waals surface area (Å²) >= 11 is 5.79. The molecule has 13 heteroatoms. The average Bonchev–Trinajstić information content (AvgIpc) is 2.91. The number of rotatable bonds is 14. The number of methoxy groups -OCH3 is 1. The zero-order chi connectivity index (χ0) is 31.1. The van der Waals surface area contributed by atoms with Crippen molar-refractivity contribution in [2.24, 2.45) is 17.8 Å². The topological polar surface area (TPSA) is 110 Å². The summed E-state index contributed by atoms with van der Waals surface area (Å²) in [5, 5.41) is 11.6. The Morgan fingerprint density at radius 1 is 0.951 bits per heavy atom. The van der Waals surface area contributed by atoms with Crippen molar-refractivity contribution in [3.05, 3.63) is 64.7 Å². The first-order valence-corrected chi connectivity index (χ1v) is 12.8. The van der Waals surface area contributed by atoms with Crippen LogP contribution in [0.25, 0.3) is 0 Å². The van der Waals surface area contributed by atoms with Crippen molar-refractivity contribution in [1.82, 2.24) is 5.32 Å². The van der Waals surface area contributed by atoms with E-state index in [9.17, 15) is 46.2 Å². The summed E-state index contributed by atoms with van der Waals surface area (Å²) in [5.41, 5.74) is -0.723. The van der Waals surface area contributed by atoms with Crippen LogP contribution in [0, 0.1) is 17.8 Å². The summed E-state index contributed by atoms with van der Waals surface area (Å²) in [6, 6.07) is 8.53. The van der Waals surface area contributed by atoms with Crippen molar-refractivity contribution < 1.29 is 51.0 Å². The number of Topliss-reactive ketones (excluding diaryl/α,β-unsaturated/α-hetero) is 3. The van der Waals surface area contributed by atoms with E-state index in [4.69, 9.17) is 16.3 Å². The Labute approximate surface area is 238 Å². The van der Waals surface area contributed by atoms with E-state index in [1.807, 2.05) is 0 Å². The van der Waals surface area contributed by atoms with Crippen LogP contribution in [-0.2, 0) is 25.1 Å². The maximum absolute atomic E-state index is 14.9. The van der Waals surface area contributed by atoms with Crippen LogP contribution < -0.4 is 10.1 Å². The largest absolute Gasteiger partial charge is 0.497 e. The van der Waals surface area contributed by atoms with Crippen LogP contribution in [-0.4, -0.2) is 48.3 Å². The molecule has 0 fully saturated rings. The van der Waals surface area contributed by atoms with Crippen molar-refractivity contribution in [3.8, 4) is 5.75 Å². The highest BCUT2D eigenvalue weighted by molar-refractivity contribution is 6.31. The number of carbonyl (C=O) groups is 4. The molecule has 0 aromatic heterocycles. The summed E-state index contributed by atoms with van der Waals surface area (Å²) in [6.07, 6.45) is -7.26. The standard InChI is InChI=1S/C28H29ClF5NO6/c1-15(2)19(25(39)28(32,33)34)13-22(37)24(16-8-10-18(41-3)11-9-16)35-26(40)17(14-36)12-23(38)27(30,31)20-6-4-5-7-21(20)29/h4-11,15,17,19,24,36H,12-14H2,1-3H3,(H,35,40)/t17-,19-,24-/m0/s1. The number of ketones is 3. The van der Waals surface area contributed by atoms with E-state index < -0.39 is 89.2 Å². The van der Waals surface area contributed by atoms with Gasteiger partial charge in [-0.1, -0.05) is 55.8 Å². The van der Waals surface area contributed by atoms with Crippen LogP contribution >= 0.6 is 11.6 Å². The van der Waals surface area contributed by atoms with Gasteiger partial charge in [0.15, 0.2) is 5.78 Å². The summed E-state index contributed by atoms with van der Waals surface area (Å²) < 4.78 is 74.3. The molecule has 2 rings (SSSR count). The lowest BCUT2D eigenvalue weighted by Crippen LogP contribution is -2.42. The van der Waals surface area contributed by atoms with Gasteiger partial charge in [0.2, 0.25) is 17.5 Å². The Balaban J connectivity index is 2.35. The fourth-order valence-corrected chi connectivity index (χ4v) is 4.29. The molecule has 0 aliphatic carbocycles. The van der Waals surface area contributed by atoms with Crippen LogP contribution in [0.4, 0.5) is 22.0 Å². The highest BCUT2D eigenvalue weighted by Crippen LogP contribution is 2.36. The van der Waals surface area contributed by atoms with E-state index in [-0.39, 0.29) is 5.56 Å². The lowest BCUT2D eigenvalue weighted by molar-refractivity contribution is -0.177. The molecule has 3 atom stereocenters. The minimum absolute atomic E-state index is 0.0792. The molecular weight excluding hydrogens is 577 g/mol. The van der Waals surface area contributed by atoms with Crippen LogP contribution in [0.1, 0.15) is 43.9 Å². The molecular formula is C28H29ClF5NO6. The van der Waals surface area contributed by atoms with E-state index in [0.717, 1.165) is 12.1 Å². The number of aliphatic hydroxyl groups excluding tert-OH is 1. The molecule has 0 saturated carbocycles. The van der Waals surface area contributed by atoms with Crippen LogP contribution in [0.3, 0.4) is 0 Å². The van der Waals surface area contributed by atoms with Crippen LogP contribution in [0.15, 0.2) is 48.5 Å². The van der Waals surface area contributed by atoms with Crippen molar-refractivity contribution in [1.29, 1.82) is 0 Å². The zero-order valence-electron chi connectivity index (χ0n) is 22.3. The van der Waals surface area contributed by atoms with Gasteiger partial charge in [-0.2, -0.15) is 22.0 Å². The predicted octanol–water partition coefficient (Wildman–Crippen LogP) is 5.23. The van der Waals surface area contributed by atoms with Crippen molar-refractivity contribution in [2.75, 3.05) is 13.7 Å². The first kappa shape index (κ1) is 33.8. The molecule has 224 valence electrons. The Bertz CT molecular complexity index is 1250. The van der Waals surface area contributed by atoms with Crippen molar-refractivity contribution in [2.45, 2.75) is 44.8 Å². The summed E-state index contributed by atoms with van der Waals surface area (Å²) in [6.45, 7) is 1.59. The maximum atomic E-state index is 14.9. The van der Waals surface area contributed by atoms with E-state index in [1.54, 1.807) is 0 Å². The normalized spacial score (nSPS) is 14.2. The maximum Gasteiger partial charge on any atom is 0.450 e. The lowest BCUT2D eigenvalue weighted by atomic mass is 9.84. The van der Waals surface area contributed by atoms with Gasteiger partial charge in [-0.05, 0) is 29.7 Å². The summed E-state index contributed by atoms with van der Waals surface area (Å²) in [4.78, 5) is 50.8. The molecule has 0 bridgehead atoms. The predicted molar refractivity (Wildman–Crippen MR) is 138 cm³/mol. The molecule has 0 unspecified atom stereocenters. The number of carbonyl (C=O) groups excluding carboxylic acids is 4. The zero-order valence-corrected chi connectivity index (χ0v) is 23.1. The molecule has 0 spiro atoms. The fraction of sp³-hybridized carbons (Fsp3) is 0.429. The third-order valence-electron chi connectivity index (χ3n) is 6.49. The van der Waals surface area contributed by atoms with Gasteiger partial charge < -0.3 is 15.2 Å². The lowest BCUT2D eigenvalue weighted by Gasteiger charge is -2.26. The number of ether oxygens (including phenoxy) is 1. The number of benzene rings is 2. The number of hydrogen-bond acceptors (Lipinski definition) is 6. The van der Waals surface area contributed by atoms with Gasteiger partial charge in [0.1, 0.15) is 11.8 Å². The van der Waals surface area contributed by atoms with Gasteiger partial charge in [0.25, 0.3) is 0 Å². The fourth-order valence-electron chi connectivity index (χ4n) is 4.04. The van der Waals surface area contributed by atoms with Gasteiger partial charge in [0.05, 0.1) is 24.7 Å². The number of aliphatic hydroxyl groups is 1. The number of nitrogens with one attached hydrogen (secondary N) is 1. The molecule has 1 amide bonds. The van der Waals surface area contributed by atoms with E-state index >= 15 is 0 Å². The third-order valence-corrected chi connectivity index (χ3v) is 6.81. The highest BCUT2D eigenvalue weighted by Gasteiger charge is 2.46. The third kappa shape index (κ3) is 8.56. The van der Waals surface area contributed by atoms with Crippen molar-refractivity contribution >= 4 is 34.9 Å². The van der Waals surface area contributed by atoms with Crippen LogP contribution in [0.2, 0.25) is 5.02 Å². The molecule has 2 aromatic rings. The van der Waals surface area contributed by atoms with Gasteiger partial charge >= 0.3 is 12.1 Å². The monoisotopic (exact) mass is 605 g/mol. The van der Waals surface area contributed by atoms with E-state index in [0.29, 0.717) is 5.75 Å². The Morgan fingerprint density at radius 2 is 1.54 bits per heavy atom. The average molecular weight is 606 g/mol. The number of alkyl halides is 5. The number of amides is 1. The molecule has 41 heavy (non-hydrogen) atoms. The summed E-state index contributed by atoms with van der Waals surface area (Å²) in [5.74, 6) is -14.2. The van der Waals surface area contributed by atoms with Gasteiger partial charge in [-0.25, -0.2) is 0 Å². The first-order valence-electron chi connectivity index (χ1n) is 12.4. The van der Waals surface area contributed by atoms with Crippen molar-refractivity contribution in [3.63, 3.8) is 0 Å². The molecule has 0 aliphatic heterocycles. The smallest absolute Gasteiger partial charge is 0.450 e. The molecule has 0 radical (unpaired) electrons. The van der Waals surface area contributed by atoms with Crippen LogP contribution in [0.5, 0.6) is 5.75 Å². The first-order chi connectivity index (χ1) is 19.0. The number of halogens is 6. The Hall–Kier alpha value is -3.38. The SMILES string of the molecule is COc1ccc([C@H](NC(=O)[C@H](CO)CC(=O)C(F)(F)c2ccccc2Cl)C(=O)C[C@H](C(=O)C(F)(F)F)C(C)C)cc1. The molecule has 2 aromatic carbocycles. The Morgan fingerprint density at radius 3 is 2.02 bits per heavy atom. The van der Waals surface area contributed by atoms with E-state index in [2.05, 4.69) is 5.32 Å². The molecule has 0 saturated heterocycles. The molecule has 7 nitrogen and oxygen atoms in total. The van der Waals surface area contributed by atoms with Gasteiger partial charge in [0, 0.05) is 24.3 Å². The van der Waals surface area contributed by atoms with Gasteiger partial charge in [-0.15, -0.1) is 0 Å². The highest BCUT2D eigenvalue weighted by atomic mass is 35.5. The van der Waals surface area contributed by atoms with E-state index in [1.165, 1.54) is 57.4 Å². The molecule has 0 heterocycles. The molecule has 0 aliphatic rings. The molecule has 2 N–H and O–H groups in total. The number of hydrogen-bond donors (Lipinski definition) is 2. The minimum atomic E-state index is -5.21. The van der Waals surface area contributed by atoms with Gasteiger partial charge in [-0.3, -0.25) is 19.2 Å². The quantitative estimate of drug-likeness (QED) is 0.286. The summed E-state index contributed by atoms with van der Waals surface area (Å²) in [7, 11) is 1.36. The second kappa shape index (κ2) is 14.0. The second-order valence-corrected chi connectivity index (χ2v) is 10.1.